The van der Waals surface area contributed by atoms with Crippen molar-refractivity contribution in [1.82, 2.24) is 19.4 Å². The van der Waals surface area contributed by atoms with Gasteiger partial charge in [-0.15, -0.1) is 0 Å². The Kier molecular flexibility index (Phi) is 2.52. The Morgan fingerprint density at radius 3 is 2.86 bits per heavy atom. The van der Waals surface area contributed by atoms with Gasteiger partial charge in [-0.1, -0.05) is 13.8 Å². The number of halogens is 1. The van der Waals surface area contributed by atoms with E-state index in [1.807, 2.05) is 22.6 Å². The van der Waals surface area contributed by atoms with Crippen LogP contribution in [0.5, 0.6) is 0 Å². The molecule has 0 N–H and O–H groups in total. The van der Waals surface area contributed by atoms with Gasteiger partial charge in [-0.25, -0.2) is 15.0 Å². The smallest absolute Gasteiger partial charge is 0.165 e. The SMILES string of the molecule is CCN(CC)N1C=NN2CN(Cl)C=C21. The largest absolute Gasteiger partial charge is 0.267 e. The summed E-state index contributed by atoms with van der Waals surface area (Å²) < 4.78 is 1.60. The van der Waals surface area contributed by atoms with E-state index in [1.54, 1.807) is 4.42 Å². The fourth-order valence-corrected chi connectivity index (χ4v) is 1.81. The number of hydrogen-bond acceptors (Lipinski definition) is 5. The molecule has 0 saturated heterocycles. The second-order valence-electron chi connectivity index (χ2n) is 3.14. The number of fused-ring (bicyclic) bond motifs is 1. The Bertz CT molecular complexity index is 273. The van der Waals surface area contributed by atoms with E-state index in [4.69, 9.17) is 11.8 Å². The van der Waals surface area contributed by atoms with Crippen LogP contribution in [-0.2, 0) is 0 Å². The molecular formula is C8H14ClN5. The van der Waals surface area contributed by atoms with Crippen LogP contribution in [-0.4, -0.2) is 45.5 Å². The number of nitrogens with zero attached hydrogens (tertiary/aromatic N) is 5. The minimum atomic E-state index is 0.616. The summed E-state index contributed by atoms with van der Waals surface area (Å²) in [6.07, 6.45) is 3.70. The molecule has 0 aliphatic carbocycles. The number of hydrazine groups is 1. The minimum Gasteiger partial charge on any atom is -0.267 e. The molecule has 14 heavy (non-hydrogen) atoms. The zero-order valence-electron chi connectivity index (χ0n) is 8.39. The van der Waals surface area contributed by atoms with Crippen LogP contribution < -0.4 is 0 Å². The lowest BCUT2D eigenvalue weighted by Gasteiger charge is -2.28. The van der Waals surface area contributed by atoms with E-state index in [0.717, 1.165) is 18.9 Å². The van der Waals surface area contributed by atoms with E-state index in [9.17, 15) is 0 Å². The van der Waals surface area contributed by atoms with E-state index < -0.39 is 0 Å². The molecule has 0 aromatic heterocycles. The Labute approximate surface area is 88.9 Å². The zero-order valence-corrected chi connectivity index (χ0v) is 9.15. The topological polar surface area (TPSA) is 25.3 Å². The number of hydrogen-bond donors (Lipinski definition) is 0. The third-order valence-electron chi connectivity index (χ3n) is 2.36. The Morgan fingerprint density at radius 1 is 1.50 bits per heavy atom. The van der Waals surface area contributed by atoms with Crippen molar-refractivity contribution in [2.45, 2.75) is 13.8 Å². The third kappa shape index (κ3) is 1.42. The van der Waals surface area contributed by atoms with Crippen molar-refractivity contribution in [1.29, 1.82) is 0 Å². The lowest BCUT2D eigenvalue weighted by Crippen LogP contribution is -2.40. The average Bonchev–Trinajstić information content (AvgIpc) is 2.68. The van der Waals surface area contributed by atoms with Crippen LogP contribution in [0, 0.1) is 0 Å². The fourth-order valence-electron chi connectivity index (χ4n) is 1.62. The molecule has 0 bridgehead atoms. The van der Waals surface area contributed by atoms with Crippen LogP contribution in [0.3, 0.4) is 0 Å². The Morgan fingerprint density at radius 2 is 2.21 bits per heavy atom. The van der Waals surface area contributed by atoms with E-state index in [2.05, 4.69) is 24.0 Å². The normalized spacial score (nSPS) is 19.7. The first kappa shape index (κ1) is 9.61. The van der Waals surface area contributed by atoms with Gasteiger partial charge in [0, 0.05) is 24.9 Å². The van der Waals surface area contributed by atoms with Crippen LogP contribution in [0.4, 0.5) is 0 Å². The van der Waals surface area contributed by atoms with E-state index in [-0.39, 0.29) is 0 Å². The lowest BCUT2D eigenvalue weighted by atomic mass is 10.6. The molecular weight excluding hydrogens is 202 g/mol. The number of hydrazone groups is 1. The first-order chi connectivity index (χ1) is 6.76. The summed E-state index contributed by atoms with van der Waals surface area (Å²) in [5, 5.41) is 10.3. The molecule has 0 aromatic carbocycles. The maximum absolute atomic E-state index is 5.87. The minimum absolute atomic E-state index is 0.616. The monoisotopic (exact) mass is 215 g/mol. The molecule has 2 aliphatic heterocycles. The highest BCUT2D eigenvalue weighted by Gasteiger charge is 2.30. The molecule has 0 fully saturated rings. The highest BCUT2D eigenvalue weighted by atomic mass is 35.5. The van der Waals surface area contributed by atoms with Crippen LogP contribution in [0.15, 0.2) is 17.1 Å². The maximum atomic E-state index is 5.87. The van der Waals surface area contributed by atoms with Crippen molar-refractivity contribution in [3.05, 3.63) is 12.0 Å². The molecule has 0 saturated carbocycles. The highest BCUT2D eigenvalue weighted by molar-refractivity contribution is 6.14. The Balaban J connectivity index is 2.14. The third-order valence-corrected chi connectivity index (χ3v) is 2.56. The van der Waals surface area contributed by atoms with Crippen LogP contribution >= 0.6 is 11.8 Å². The second kappa shape index (κ2) is 3.67. The molecule has 2 heterocycles. The summed E-state index contributed by atoms with van der Waals surface area (Å²) in [5.41, 5.74) is 0. The van der Waals surface area contributed by atoms with Gasteiger partial charge in [-0.2, -0.15) is 5.10 Å². The molecule has 6 heteroatoms. The molecule has 2 aliphatic rings. The van der Waals surface area contributed by atoms with Crippen molar-refractivity contribution < 1.29 is 0 Å². The van der Waals surface area contributed by atoms with E-state index in [0.29, 0.717) is 6.67 Å². The summed E-state index contributed by atoms with van der Waals surface area (Å²) in [4.78, 5) is 0. The number of rotatable bonds is 3. The predicted octanol–water partition coefficient (Wildman–Crippen LogP) is 1.03. The molecule has 0 unspecified atom stereocenters. The van der Waals surface area contributed by atoms with Crippen LogP contribution in [0.25, 0.3) is 0 Å². The Hall–Kier alpha value is -0.940. The van der Waals surface area contributed by atoms with Gasteiger partial charge in [0.2, 0.25) is 0 Å². The van der Waals surface area contributed by atoms with Gasteiger partial charge in [0.25, 0.3) is 0 Å². The molecule has 0 aromatic rings. The molecule has 5 nitrogen and oxygen atoms in total. The van der Waals surface area contributed by atoms with Crippen LogP contribution in [0.1, 0.15) is 13.8 Å². The molecule has 78 valence electrons. The van der Waals surface area contributed by atoms with Crippen LogP contribution in [0.2, 0.25) is 0 Å². The van der Waals surface area contributed by atoms with Gasteiger partial charge in [0.1, 0.15) is 13.0 Å². The van der Waals surface area contributed by atoms with Crippen molar-refractivity contribution in [3.8, 4) is 0 Å². The molecule has 0 radical (unpaired) electrons. The predicted molar refractivity (Wildman–Crippen MR) is 55.7 cm³/mol. The summed E-state index contributed by atoms with van der Waals surface area (Å²) >= 11 is 5.87. The van der Waals surface area contributed by atoms with Gasteiger partial charge in [-0.05, 0) is 0 Å². The molecule has 0 amide bonds. The van der Waals surface area contributed by atoms with Gasteiger partial charge < -0.3 is 0 Å². The average molecular weight is 216 g/mol. The van der Waals surface area contributed by atoms with E-state index >= 15 is 0 Å². The van der Waals surface area contributed by atoms with Gasteiger partial charge in [0.15, 0.2) is 5.82 Å². The summed E-state index contributed by atoms with van der Waals surface area (Å²) in [6, 6.07) is 0. The van der Waals surface area contributed by atoms with Gasteiger partial charge in [0.05, 0.1) is 6.20 Å². The van der Waals surface area contributed by atoms with E-state index in [1.165, 1.54) is 0 Å². The quantitative estimate of drug-likeness (QED) is 0.657. The van der Waals surface area contributed by atoms with Crippen molar-refractivity contribution in [2.75, 3.05) is 19.8 Å². The second-order valence-corrected chi connectivity index (χ2v) is 3.58. The standard InChI is InChI=1S/C8H14ClN5/c1-3-12(4-2)14-6-10-13-7-11(9)5-8(13)14/h5-6H,3-4,7H2,1-2H3. The summed E-state index contributed by atoms with van der Waals surface area (Å²) in [6.45, 7) is 6.76. The first-order valence-electron chi connectivity index (χ1n) is 4.76. The molecule has 0 atom stereocenters. The van der Waals surface area contributed by atoms with Gasteiger partial charge in [-0.3, -0.25) is 4.42 Å². The van der Waals surface area contributed by atoms with Crippen molar-refractivity contribution >= 4 is 18.1 Å². The summed E-state index contributed by atoms with van der Waals surface area (Å²) in [5.74, 6) is 1.02. The van der Waals surface area contributed by atoms with Crippen molar-refractivity contribution in [2.24, 2.45) is 5.10 Å². The molecule has 2 rings (SSSR count). The highest BCUT2D eigenvalue weighted by Crippen LogP contribution is 2.25. The summed E-state index contributed by atoms with van der Waals surface area (Å²) in [7, 11) is 0. The fraction of sp³-hybridized carbons (Fsp3) is 0.625. The van der Waals surface area contributed by atoms with Crippen molar-refractivity contribution in [3.63, 3.8) is 0 Å². The maximum Gasteiger partial charge on any atom is 0.165 e. The van der Waals surface area contributed by atoms with Gasteiger partial charge >= 0.3 is 0 Å². The lowest BCUT2D eigenvalue weighted by molar-refractivity contribution is 0.0822. The molecule has 0 spiro atoms. The first-order valence-corrected chi connectivity index (χ1v) is 5.10. The zero-order chi connectivity index (χ0) is 10.1.